The van der Waals surface area contributed by atoms with Crippen LogP contribution in [0.5, 0.6) is 11.5 Å². The summed E-state index contributed by atoms with van der Waals surface area (Å²) in [6, 6.07) is 6.57. The average Bonchev–Trinajstić information content (AvgIpc) is 2.30. The first-order chi connectivity index (χ1) is 8.88. The number of nitrogens with zero attached hydrogens (tertiary/aromatic N) is 2. The molecule has 0 aliphatic heterocycles. The highest BCUT2D eigenvalue weighted by atomic mass is 35.5. The summed E-state index contributed by atoms with van der Waals surface area (Å²) < 4.78 is 43.5. The van der Waals surface area contributed by atoms with E-state index in [2.05, 4.69) is 9.97 Å². The Kier molecular flexibility index (Phi) is 3.61. The number of ether oxygens (including phenoxy) is 1. The summed E-state index contributed by atoms with van der Waals surface area (Å²) in [5.41, 5.74) is -0.354. The second kappa shape index (κ2) is 5.05. The molecule has 1 aromatic heterocycles. The second-order valence-corrected chi connectivity index (χ2v) is 4.12. The molecule has 0 amide bonds. The van der Waals surface area contributed by atoms with Crippen molar-refractivity contribution in [3.05, 3.63) is 47.0 Å². The number of alkyl halides is 3. The van der Waals surface area contributed by atoms with Gasteiger partial charge in [0.25, 0.3) is 0 Å². The van der Waals surface area contributed by atoms with Crippen molar-refractivity contribution in [3.63, 3.8) is 0 Å². The summed E-state index contributed by atoms with van der Waals surface area (Å²) in [6.45, 7) is 1.79. The highest BCUT2D eigenvalue weighted by Gasteiger charge is 2.38. The fraction of sp³-hybridized carbons (Fsp3) is 0.167. The summed E-state index contributed by atoms with van der Waals surface area (Å²) in [5.74, 6) is -0.357. The predicted molar refractivity (Wildman–Crippen MR) is 63.3 cm³/mol. The average molecular weight is 289 g/mol. The largest absolute Gasteiger partial charge is 0.452 e. The van der Waals surface area contributed by atoms with Gasteiger partial charge in [0.05, 0.1) is 0 Å². The molecule has 2 aromatic rings. The standard InChI is InChI=1S/C12H8ClF3N2O/c1-7-3-2-4-8(5-7)19-9-10(12(14,15)16)17-6-18-11(9)13/h2-6H,1H3. The maximum absolute atomic E-state index is 12.8. The first-order valence-electron chi connectivity index (χ1n) is 5.20. The van der Waals surface area contributed by atoms with E-state index in [-0.39, 0.29) is 10.9 Å². The van der Waals surface area contributed by atoms with Gasteiger partial charge < -0.3 is 4.74 Å². The van der Waals surface area contributed by atoms with Crippen molar-refractivity contribution in [1.29, 1.82) is 0 Å². The highest BCUT2D eigenvalue weighted by molar-refractivity contribution is 6.30. The van der Waals surface area contributed by atoms with Crippen molar-refractivity contribution in [2.24, 2.45) is 0 Å². The van der Waals surface area contributed by atoms with Gasteiger partial charge in [-0.2, -0.15) is 13.2 Å². The van der Waals surface area contributed by atoms with E-state index < -0.39 is 17.6 Å². The van der Waals surface area contributed by atoms with Crippen LogP contribution in [0, 0.1) is 6.92 Å². The molecule has 0 aliphatic rings. The third-order valence-electron chi connectivity index (χ3n) is 2.24. The molecule has 7 heteroatoms. The van der Waals surface area contributed by atoms with Gasteiger partial charge >= 0.3 is 6.18 Å². The quantitative estimate of drug-likeness (QED) is 0.775. The van der Waals surface area contributed by atoms with Gasteiger partial charge in [0.15, 0.2) is 16.6 Å². The van der Waals surface area contributed by atoms with Crippen LogP contribution in [0.15, 0.2) is 30.6 Å². The number of halogens is 4. The molecule has 19 heavy (non-hydrogen) atoms. The minimum atomic E-state index is -4.66. The number of hydrogen-bond acceptors (Lipinski definition) is 3. The van der Waals surface area contributed by atoms with Crippen LogP contribution < -0.4 is 4.74 Å². The molecule has 0 unspecified atom stereocenters. The summed E-state index contributed by atoms with van der Waals surface area (Å²) in [7, 11) is 0. The summed E-state index contributed by atoms with van der Waals surface area (Å²) >= 11 is 5.65. The van der Waals surface area contributed by atoms with Crippen LogP contribution in [-0.4, -0.2) is 9.97 Å². The van der Waals surface area contributed by atoms with Gasteiger partial charge in [0.2, 0.25) is 0 Å². The molecular weight excluding hydrogens is 281 g/mol. The Morgan fingerprint density at radius 1 is 1.21 bits per heavy atom. The summed E-state index contributed by atoms with van der Waals surface area (Å²) in [6.07, 6.45) is -3.92. The molecule has 1 aromatic carbocycles. The lowest BCUT2D eigenvalue weighted by Gasteiger charge is -2.13. The molecule has 0 atom stereocenters. The molecule has 1 heterocycles. The zero-order valence-corrected chi connectivity index (χ0v) is 10.5. The molecule has 0 spiro atoms. The molecule has 0 bridgehead atoms. The Morgan fingerprint density at radius 2 is 1.95 bits per heavy atom. The molecule has 2 rings (SSSR count). The van der Waals surface area contributed by atoms with Crippen LogP contribution in [-0.2, 0) is 6.18 Å². The van der Waals surface area contributed by atoms with E-state index in [1.54, 1.807) is 25.1 Å². The van der Waals surface area contributed by atoms with Gasteiger partial charge in [0.1, 0.15) is 12.1 Å². The molecule has 0 aliphatic carbocycles. The molecule has 3 nitrogen and oxygen atoms in total. The minimum Gasteiger partial charge on any atom is -0.452 e. The van der Waals surface area contributed by atoms with Gasteiger partial charge in [-0.3, -0.25) is 0 Å². The Labute approximate surface area is 112 Å². The van der Waals surface area contributed by atoms with Crippen molar-refractivity contribution in [3.8, 4) is 11.5 Å². The van der Waals surface area contributed by atoms with Crippen LogP contribution in [0.25, 0.3) is 0 Å². The smallest absolute Gasteiger partial charge is 0.437 e. The molecule has 0 saturated heterocycles. The van der Waals surface area contributed by atoms with Crippen LogP contribution in [0.1, 0.15) is 11.3 Å². The predicted octanol–water partition coefficient (Wildman–Crippen LogP) is 4.25. The maximum Gasteiger partial charge on any atom is 0.437 e. The number of hydrogen-bond donors (Lipinski definition) is 0. The number of aromatic nitrogens is 2. The van der Waals surface area contributed by atoms with E-state index in [4.69, 9.17) is 16.3 Å². The SMILES string of the molecule is Cc1cccc(Oc2c(Cl)ncnc2C(F)(F)F)c1. The van der Waals surface area contributed by atoms with Gasteiger partial charge in [-0.15, -0.1) is 0 Å². The normalized spacial score (nSPS) is 11.4. The van der Waals surface area contributed by atoms with Crippen LogP contribution in [0.2, 0.25) is 5.15 Å². The van der Waals surface area contributed by atoms with Crippen LogP contribution in [0.3, 0.4) is 0 Å². The zero-order valence-electron chi connectivity index (χ0n) is 9.70. The lowest BCUT2D eigenvalue weighted by Crippen LogP contribution is -2.10. The van der Waals surface area contributed by atoms with Crippen molar-refractivity contribution in [2.75, 3.05) is 0 Å². The van der Waals surface area contributed by atoms with Gasteiger partial charge in [0, 0.05) is 0 Å². The third kappa shape index (κ3) is 3.14. The fourth-order valence-corrected chi connectivity index (χ4v) is 1.61. The summed E-state index contributed by atoms with van der Waals surface area (Å²) in [4.78, 5) is 6.69. The Morgan fingerprint density at radius 3 is 2.58 bits per heavy atom. The second-order valence-electron chi connectivity index (χ2n) is 3.76. The monoisotopic (exact) mass is 288 g/mol. The molecule has 0 N–H and O–H groups in total. The number of rotatable bonds is 2. The van der Waals surface area contributed by atoms with E-state index in [1.807, 2.05) is 0 Å². The Hall–Kier alpha value is -1.82. The van der Waals surface area contributed by atoms with E-state index in [0.29, 0.717) is 0 Å². The molecular formula is C12H8ClF3N2O. The van der Waals surface area contributed by atoms with E-state index in [9.17, 15) is 13.2 Å². The van der Waals surface area contributed by atoms with Gasteiger partial charge in [-0.25, -0.2) is 9.97 Å². The van der Waals surface area contributed by atoms with E-state index in [1.165, 1.54) is 6.07 Å². The van der Waals surface area contributed by atoms with Gasteiger partial charge in [-0.1, -0.05) is 23.7 Å². The highest BCUT2D eigenvalue weighted by Crippen LogP contribution is 2.39. The molecule has 100 valence electrons. The van der Waals surface area contributed by atoms with Crippen molar-refractivity contribution in [1.82, 2.24) is 9.97 Å². The van der Waals surface area contributed by atoms with Crippen molar-refractivity contribution < 1.29 is 17.9 Å². The Bertz CT molecular complexity index is 602. The third-order valence-corrected chi connectivity index (χ3v) is 2.51. The zero-order chi connectivity index (χ0) is 14.0. The Balaban J connectivity index is 2.45. The minimum absolute atomic E-state index is 0.238. The lowest BCUT2D eigenvalue weighted by molar-refractivity contribution is -0.142. The van der Waals surface area contributed by atoms with Crippen LogP contribution >= 0.6 is 11.6 Å². The van der Waals surface area contributed by atoms with Gasteiger partial charge in [-0.05, 0) is 24.6 Å². The maximum atomic E-state index is 12.8. The lowest BCUT2D eigenvalue weighted by atomic mass is 10.2. The number of aryl methyl sites for hydroxylation is 1. The van der Waals surface area contributed by atoms with E-state index >= 15 is 0 Å². The van der Waals surface area contributed by atoms with Crippen LogP contribution in [0.4, 0.5) is 13.2 Å². The van der Waals surface area contributed by atoms with Crippen molar-refractivity contribution in [2.45, 2.75) is 13.1 Å². The van der Waals surface area contributed by atoms with Crippen molar-refractivity contribution >= 4 is 11.6 Å². The first-order valence-corrected chi connectivity index (χ1v) is 5.58. The molecule has 0 fully saturated rings. The summed E-state index contributed by atoms with van der Waals surface area (Å²) in [5, 5.41) is -0.385. The first kappa shape index (κ1) is 13.6. The fourth-order valence-electron chi connectivity index (χ4n) is 1.44. The molecule has 0 saturated carbocycles. The van der Waals surface area contributed by atoms with E-state index in [0.717, 1.165) is 11.9 Å². The topological polar surface area (TPSA) is 35.0 Å². The molecule has 0 radical (unpaired) electrons. The number of benzene rings is 1.